The van der Waals surface area contributed by atoms with Crippen LogP contribution in [0.1, 0.15) is 17.3 Å². The third-order valence-corrected chi connectivity index (χ3v) is 3.27. The molecule has 2 rings (SSSR count). The first kappa shape index (κ1) is 14.5. The van der Waals surface area contributed by atoms with Crippen LogP contribution in [0.15, 0.2) is 12.1 Å². The number of rotatable bonds is 4. The van der Waals surface area contributed by atoms with Gasteiger partial charge in [-0.25, -0.2) is 0 Å². The zero-order valence-corrected chi connectivity index (χ0v) is 11.8. The van der Waals surface area contributed by atoms with Crippen molar-refractivity contribution in [1.82, 2.24) is 4.90 Å². The lowest BCUT2D eigenvalue weighted by Crippen LogP contribution is -2.33. The molecule has 0 aliphatic carbocycles. The fraction of sp³-hybridized carbons (Fsp3) is 0.385. The number of amides is 1. The Morgan fingerprint density at radius 3 is 2.80 bits per heavy atom. The zero-order valence-electron chi connectivity index (χ0n) is 11.1. The summed E-state index contributed by atoms with van der Waals surface area (Å²) in [6.07, 6.45) is 0. The number of nitrogens with zero attached hydrogens (tertiary/aromatic N) is 1. The van der Waals surface area contributed by atoms with Crippen molar-refractivity contribution in [1.29, 1.82) is 0 Å². The summed E-state index contributed by atoms with van der Waals surface area (Å²) in [5, 5.41) is 9.15. The second kappa shape index (κ2) is 5.58. The summed E-state index contributed by atoms with van der Waals surface area (Å²) in [5.74, 6) is -1.08. The number of carbonyl (C=O) groups is 2. The Bertz CT molecular complexity index is 560. The molecule has 0 bridgehead atoms. The summed E-state index contributed by atoms with van der Waals surface area (Å²) >= 11 is 6.01. The van der Waals surface area contributed by atoms with E-state index in [0.29, 0.717) is 22.1 Å². The van der Waals surface area contributed by atoms with Crippen molar-refractivity contribution in [3.05, 3.63) is 22.7 Å². The van der Waals surface area contributed by atoms with Gasteiger partial charge in [0.05, 0.1) is 10.9 Å². The van der Waals surface area contributed by atoms with Crippen LogP contribution >= 0.6 is 11.6 Å². The van der Waals surface area contributed by atoms with Gasteiger partial charge in [0.25, 0.3) is 5.91 Å². The van der Waals surface area contributed by atoms with Crippen molar-refractivity contribution < 1.29 is 24.2 Å². The smallest absolute Gasteiger partial charge is 0.308 e. The molecule has 1 aromatic carbocycles. The molecular formula is C13H14ClNO5. The number of carbonyl (C=O) groups excluding carboxylic acids is 1. The largest absolute Gasteiger partial charge is 0.481 e. The van der Waals surface area contributed by atoms with Gasteiger partial charge in [-0.3, -0.25) is 9.59 Å². The number of aliphatic carboxylic acids is 1. The number of fused-ring (bicyclic) bond motifs is 1. The minimum atomic E-state index is -0.951. The molecule has 1 aromatic rings. The van der Waals surface area contributed by atoms with Crippen LogP contribution in [-0.4, -0.2) is 42.3 Å². The number of carboxylic acid groups (broad SMARTS) is 1. The van der Waals surface area contributed by atoms with Gasteiger partial charge in [0.2, 0.25) is 6.79 Å². The maximum Gasteiger partial charge on any atom is 0.308 e. The van der Waals surface area contributed by atoms with Crippen LogP contribution in [0, 0.1) is 5.92 Å². The van der Waals surface area contributed by atoms with E-state index < -0.39 is 11.9 Å². The van der Waals surface area contributed by atoms with Gasteiger partial charge in [0.1, 0.15) is 0 Å². The maximum absolute atomic E-state index is 12.2. The molecule has 0 saturated carbocycles. The van der Waals surface area contributed by atoms with E-state index in [9.17, 15) is 9.59 Å². The minimum absolute atomic E-state index is 0.0680. The molecule has 0 saturated heterocycles. The predicted molar refractivity (Wildman–Crippen MR) is 71.3 cm³/mol. The van der Waals surface area contributed by atoms with E-state index >= 15 is 0 Å². The Labute approximate surface area is 120 Å². The topological polar surface area (TPSA) is 76.1 Å². The fourth-order valence-electron chi connectivity index (χ4n) is 1.88. The van der Waals surface area contributed by atoms with Gasteiger partial charge in [-0.05, 0) is 12.1 Å². The van der Waals surface area contributed by atoms with Crippen molar-refractivity contribution in [2.75, 3.05) is 20.4 Å². The molecule has 1 atom stereocenters. The molecule has 0 aromatic heterocycles. The lowest BCUT2D eigenvalue weighted by Gasteiger charge is -2.19. The van der Waals surface area contributed by atoms with E-state index in [1.807, 2.05) is 0 Å². The highest BCUT2D eigenvalue weighted by molar-refractivity contribution is 6.32. The molecule has 1 N–H and O–H groups in total. The van der Waals surface area contributed by atoms with Gasteiger partial charge in [0.15, 0.2) is 11.5 Å². The number of ether oxygens (including phenoxy) is 2. The highest BCUT2D eigenvalue weighted by Gasteiger charge is 2.23. The summed E-state index contributed by atoms with van der Waals surface area (Å²) in [5.41, 5.74) is 0.333. The average Bonchev–Trinajstić information content (AvgIpc) is 2.86. The Balaban J connectivity index is 2.17. The molecular weight excluding hydrogens is 286 g/mol. The van der Waals surface area contributed by atoms with Crippen LogP contribution in [0.25, 0.3) is 0 Å². The van der Waals surface area contributed by atoms with E-state index in [0.717, 1.165) is 0 Å². The van der Waals surface area contributed by atoms with Gasteiger partial charge < -0.3 is 19.5 Å². The van der Waals surface area contributed by atoms with Crippen LogP contribution in [0.2, 0.25) is 5.02 Å². The number of halogens is 1. The highest BCUT2D eigenvalue weighted by Crippen LogP contribution is 2.39. The quantitative estimate of drug-likeness (QED) is 0.918. The average molecular weight is 300 g/mol. The molecule has 108 valence electrons. The SMILES string of the molecule is CC(CN(C)C(=O)c1cc(Cl)c2c(c1)OCO2)C(=O)O. The molecule has 6 nitrogen and oxygen atoms in total. The number of carboxylic acids is 1. The third-order valence-electron chi connectivity index (χ3n) is 2.99. The monoisotopic (exact) mass is 299 g/mol. The van der Waals surface area contributed by atoms with E-state index in [1.54, 1.807) is 20.0 Å². The normalized spacial score (nSPS) is 13.9. The Hall–Kier alpha value is -1.95. The third kappa shape index (κ3) is 2.80. The van der Waals surface area contributed by atoms with Crippen molar-refractivity contribution in [3.63, 3.8) is 0 Å². The Morgan fingerprint density at radius 1 is 1.45 bits per heavy atom. The van der Waals surface area contributed by atoms with Crippen LogP contribution < -0.4 is 9.47 Å². The molecule has 1 heterocycles. The lowest BCUT2D eigenvalue weighted by molar-refractivity contribution is -0.141. The van der Waals surface area contributed by atoms with Crippen molar-refractivity contribution in [3.8, 4) is 11.5 Å². The van der Waals surface area contributed by atoms with E-state index in [1.165, 1.54) is 11.0 Å². The van der Waals surface area contributed by atoms with Gasteiger partial charge in [0, 0.05) is 19.2 Å². The first-order valence-corrected chi connectivity index (χ1v) is 6.35. The van der Waals surface area contributed by atoms with Gasteiger partial charge >= 0.3 is 5.97 Å². The van der Waals surface area contributed by atoms with Crippen molar-refractivity contribution in [2.24, 2.45) is 5.92 Å². The van der Waals surface area contributed by atoms with Crippen molar-refractivity contribution >= 4 is 23.5 Å². The molecule has 7 heteroatoms. The van der Waals surface area contributed by atoms with Gasteiger partial charge in [-0.15, -0.1) is 0 Å². The second-order valence-electron chi connectivity index (χ2n) is 4.62. The number of benzene rings is 1. The number of hydrogen-bond acceptors (Lipinski definition) is 4. The van der Waals surface area contributed by atoms with E-state index in [4.69, 9.17) is 26.2 Å². The minimum Gasteiger partial charge on any atom is -0.481 e. The molecule has 1 aliphatic rings. The standard InChI is InChI=1S/C13H14ClNO5/c1-7(13(17)18)5-15(2)12(16)8-3-9(14)11-10(4-8)19-6-20-11/h3-4,7H,5-6H2,1-2H3,(H,17,18). The molecule has 20 heavy (non-hydrogen) atoms. The van der Waals surface area contributed by atoms with Crippen LogP contribution in [0.3, 0.4) is 0 Å². The maximum atomic E-state index is 12.2. The molecule has 1 aliphatic heterocycles. The highest BCUT2D eigenvalue weighted by atomic mass is 35.5. The summed E-state index contributed by atoms with van der Waals surface area (Å²) in [6.45, 7) is 1.72. The van der Waals surface area contributed by atoms with E-state index in [-0.39, 0.29) is 19.2 Å². The Morgan fingerprint density at radius 2 is 2.15 bits per heavy atom. The number of hydrogen-bond donors (Lipinski definition) is 1. The predicted octanol–water partition coefficient (Wildman–Crippen LogP) is 1.86. The first-order chi connectivity index (χ1) is 9.40. The van der Waals surface area contributed by atoms with Crippen LogP contribution in [0.5, 0.6) is 11.5 Å². The molecule has 0 fully saturated rings. The summed E-state index contributed by atoms with van der Waals surface area (Å²) < 4.78 is 10.4. The fourth-order valence-corrected chi connectivity index (χ4v) is 2.15. The van der Waals surface area contributed by atoms with Crippen LogP contribution in [-0.2, 0) is 4.79 Å². The van der Waals surface area contributed by atoms with Gasteiger partial charge in [-0.2, -0.15) is 0 Å². The molecule has 1 amide bonds. The Kier molecular flexibility index (Phi) is 4.04. The zero-order chi connectivity index (χ0) is 14.9. The summed E-state index contributed by atoms with van der Waals surface area (Å²) in [7, 11) is 1.54. The van der Waals surface area contributed by atoms with E-state index in [2.05, 4.69) is 0 Å². The summed E-state index contributed by atoms with van der Waals surface area (Å²) in [6, 6.07) is 3.03. The summed E-state index contributed by atoms with van der Waals surface area (Å²) in [4.78, 5) is 24.4. The molecule has 1 unspecified atom stereocenters. The molecule has 0 spiro atoms. The lowest BCUT2D eigenvalue weighted by atomic mass is 10.1. The van der Waals surface area contributed by atoms with Crippen molar-refractivity contribution in [2.45, 2.75) is 6.92 Å². The van der Waals surface area contributed by atoms with Crippen LogP contribution in [0.4, 0.5) is 0 Å². The van der Waals surface area contributed by atoms with Gasteiger partial charge in [-0.1, -0.05) is 18.5 Å². The molecule has 0 radical (unpaired) electrons. The second-order valence-corrected chi connectivity index (χ2v) is 5.02. The first-order valence-electron chi connectivity index (χ1n) is 5.97.